The molecule has 0 heterocycles. The van der Waals surface area contributed by atoms with Gasteiger partial charge in [0.05, 0.1) is 17.7 Å². The molecule has 0 aliphatic heterocycles. The SMILES string of the molecule is NNc1cc(C(F)(F)F)ccc1C=CCC(=O)O. The third-order valence-corrected chi connectivity index (χ3v) is 2.13. The number of nitrogens with two attached hydrogens (primary N) is 1. The predicted octanol–water partition coefficient (Wildman–Crippen LogP) is 2.48. The van der Waals surface area contributed by atoms with Gasteiger partial charge in [0.15, 0.2) is 0 Å². The number of hydrogen-bond acceptors (Lipinski definition) is 3. The number of rotatable bonds is 4. The maximum Gasteiger partial charge on any atom is 0.416 e. The first-order valence-electron chi connectivity index (χ1n) is 4.91. The van der Waals surface area contributed by atoms with E-state index in [2.05, 4.69) is 5.43 Å². The van der Waals surface area contributed by atoms with Crippen LogP contribution < -0.4 is 11.3 Å². The quantitative estimate of drug-likeness (QED) is 0.574. The van der Waals surface area contributed by atoms with E-state index in [1.807, 2.05) is 0 Å². The van der Waals surface area contributed by atoms with Crippen molar-refractivity contribution < 1.29 is 23.1 Å². The van der Waals surface area contributed by atoms with Crippen molar-refractivity contribution in [2.24, 2.45) is 5.84 Å². The number of nitrogens with one attached hydrogen (secondary N) is 1. The van der Waals surface area contributed by atoms with Gasteiger partial charge in [0, 0.05) is 0 Å². The maximum atomic E-state index is 12.4. The van der Waals surface area contributed by atoms with E-state index in [0.717, 1.165) is 12.1 Å². The van der Waals surface area contributed by atoms with E-state index in [1.165, 1.54) is 18.2 Å². The molecule has 4 nitrogen and oxygen atoms in total. The summed E-state index contributed by atoms with van der Waals surface area (Å²) in [6.07, 6.45) is -1.95. The van der Waals surface area contributed by atoms with E-state index in [4.69, 9.17) is 10.9 Å². The average Bonchev–Trinajstić information content (AvgIpc) is 2.27. The molecule has 4 N–H and O–H groups in total. The van der Waals surface area contributed by atoms with Crippen molar-refractivity contribution in [3.05, 3.63) is 35.4 Å². The van der Waals surface area contributed by atoms with Gasteiger partial charge in [0.1, 0.15) is 0 Å². The minimum atomic E-state index is -4.45. The Labute approximate surface area is 101 Å². The topological polar surface area (TPSA) is 75.3 Å². The molecule has 0 radical (unpaired) electrons. The van der Waals surface area contributed by atoms with Crippen molar-refractivity contribution in [2.75, 3.05) is 5.43 Å². The predicted molar refractivity (Wildman–Crippen MR) is 60.5 cm³/mol. The third kappa shape index (κ3) is 3.77. The van der Waals surface area contributed by atoms with Gasteiger partial charge >= 0.3 is 12.1 Å². The van der Waals surface area contributed by atoms with Gasteiger partial charge in [-0.2, -0.15) is 13.2 Å². The van der Waals surface area contributed by atoms with Crippen LogP contribution in [0.25, 0.3) is 6.08 Å². The summed E-state index contributed by atoms with van der Waals surface area (Å²) < 4.78 is 37.3. The Kier molecular flexibility index (Phi) is 4.33. The molecule has 0 aliphatic carbocycles. The van der Waals surface area contributed by atoms with Gasteiger partial charge in [0.2, 0.25) is 0 Å². The van der Waals surface area contributed by atoms with Gasteiger partial charge in [-0.25, -0.2) is 0 Å². The smallest absolute Gasteiger partial charge is 0.416 e. The molecule has 7 heteroatoms. The van der Waals surface area contributed by atoms with Crippen molar-refractivity contribution in [1.29, 1.82) is 0 Å². The Bertz CT molecular complexity index is 470. The molecular weight excluding hydrogens is 249 g/mol. The largest absolute Gasteiger partial charge is 0.481 e. The molecule has 18 heavy (non-hydrogen) atoms. The molecule has 1 rings (SSSR count). The number of alkyl halides is 3. The van der Waals surface area contributed by atoms with Crippen LogP contribution in [-0.4, -0.2) is 11.1 Å². The lowest BCUT2D eigenvalue weighted by Crippen LogP contribution is -2.11. The Morgan fingerprint density at radius 1 is 1.44 bits per heavy atom. The molecule has 0 unspecified atom stereocenters. The van der Waals surface area contributed by atoms with Gasteiger partial charge in [-0.05, 0) is 17.7 Å². The summed E-state index contributed by atoms with van der Waals surface area (Å²) in [7, 11) is 0. The second kappa shape index (κ2) is 5.54. The highest BCUT2D eigenvalue weighted by molar-refractivity contribution is 5.73. The molecule has 0 fully saturated rings. The molecule has 0 amide bonds. The fraction of sp³-hybridized carbons (Fsp3) is 0.182. The second-order valence-corrected chi connectivity index (χ2v) is 3.44. The summed E-state index contributed by atoms with van der Waals surface area (Å²) >= 11 is 0. The molecule has 0 bridgehead atoms. The first-order chi connectivity index (χ1) is 8.34. The Hall–Kier alpha value is -2.02. The van der Waals surface area contributed by atoms with Gasteiger partial charge in [-0.1, -0.05) is 18.2 Å². The van der Waals surface area contributed by atoms with Crippen LogP contribution in [0.15, 0.2) is 24.3 Å². The van der Waals surface area contributed by atoms with Gasteiger partial charge in [0.25, 0.3) is 0 Å². The van der Waals surface area contributed by atoms with Gasteiger partial charge < -0.3 is 10.5 Å². The fourth-order valence-electron chi connectivity index (χ4n) is 1.29. The van der Waals surface area contributed by atoms with Crippen LogP contribution in [0.3, 0.4) is 0 Å². The monoisotopic (exact) mass is 260 g/mol. The van der Waals surface area contributed by atoms with Crippen molar-refractivity contribution in [2.45, 2.75) is 12.6 Å². The van der Waals surface area contributed by atoms with E-state index in [1.54, 1.807) is 0 Å². The van der Waals surface area contributed by atoms with Crippen LogP contribution in [0.5, 0.6) is 0 Å². The molecule has 0 saturated heterocycles. The normalized spacial score (nSPS) is 11.8. The molecule has 0 aliphatic rings. The number of nitrogen functional groups attached to an aromatic ring is 1. The van der Waals surface area contributed by atoms with Gasteiger partial charge in [-0.15, -0.1) is 0 Å². The first-order valence-corrected chi connectivity index (χ1v) is 4.91. The molecule has 0 saturated carbocycles. The average molecular weight is 260 g/mol. The molecule has 98 valence electrons. The van der Waals surface area contributed by atoms with Crippen LogP contribution >= 0.6 is 0 Å². The molecule has 0 atom stereocenters. The highest BCUT2D eigenvalue weighted by Crippen LogP contribution is 2.32. The van der Waals surface area contributed by atoms with Crippen molar-refractivity contribution in [3.63, 3.8) is 0 Å². The zero-order valence-corrected chi connectivity index (χ0v) is 9.16. The summed E-state index contributed by atoms with van der Waals surface area (Å²) in [4.78, 5) is 10.3. The molecule has 0 aromatic heterocycles. The van der Waals surface area contributed by atoms with E-state index < -0.39 is 17.7 Å². The molecule has 1 aromatic carbocycles. The molecule has 0 spiro atoms. The van der Waals surface area contributed by atoms with E-state index in [-0.39, 0.29) is 12.1 Å². The number of anilines is 1. The molecule has 1 aromatic rings. The van der Waals surface area contributed by atoms with Crippen LogP contribution in [0.4, 0.5) is 18.9 Å². The highest BCUT2D eigenvalue weighted by atomic mass is 19.4. The summed E-state index contributed by atoms with van der Waals surface area (Å²) in [5.41, 5.74) is 1.78. The minimum Gasteiger partial charge on any atom is -0.481 e. The number of hydrazine groups is 1. The zero-order chi connectivity index (χ0) is 13.8. The first kappa shape index (κ1) is 14.0. The Morgan fingerprint density at radius 3 is 2.61 bits per heavy atom. The van der Waals surface area contributed by atoms with Crippen LogP contribution in [0, 0.1) is 0 Å². The standard InChI is InChI=1S/C11H11F3N2O2/c12-11(13,14)8-5-4-7(9(6-8)16-15)2-1-3-10(17)18/h1-2,4-6,16H,3,15H2,(H,17,18). The van der Waals surface area contributed by atoms with Crippen molar-refractivity contribution in [1.82, 2.24) is 0 Å². The van der Waals surface area contributed by atoms with Crippen LogP contribution in [-0.2, 0) is 11.0 Å². The fourth-order valence-corrected chi connectivity index (χ4v) is 1.29. The van der Waals surface area contributed by atoms with Crippen molar-refractivity contribution >= 4 is 17.7 Å². The van der Waals surface area contributed by atoms with Crippen LogP contribution in [0.1, 0.15) is 17.5 Å². The minimum absolute atomic E-state index is 0.0754. The lowest BCUT2D eigenvalue weighted by Gasteiger charge is -2.11. The van der Waals surface area contributed by atoms with E-state index >= 15 is 0 Å². The third-order valence-electron chi connectivity index (χ3n) is 2.13. The second-order valence-electron chi connectivity index (χ2n) is 3.44. The molecular formula is C11H11F3N2O2. The number of halogens is 3. The lowest BCUT2D eigenvalue weighted by molar-refractivity contribution is -0.138. The lowest BCUT2D eigenvalue weighted by atomic mass is 10.1. The Morgan fingerprint density at radius 2 is 2.11 bits per heavy atom. The van der Waals surface area contributed by atoms with E-state index in [0.29, 0.717) is 5.56 Å². The van der Waals surface area contributed by atoms with Gasteiger partial charge in [-0.3, -0.25) is 10.6 Å². The number of benzene rings is 1. The number of aliphatic carboxylic acids is 1. The maximum absolute atomic E-state index is 12.4. The highest BCUT2D eigenvalue weighted by Gasteiger charge is 2.30. The number of carboxylic acids is 1. The van der Waals surface area contributed by atoms with Crippen LogP contribution in [0.2, 0.25) is 0 Å². The summed E-state index contributed by atoms with van der Waals surface area (Å²) in [5, 5.41) is 8.43. The Balaban J connectivity index is 3.01. The van der Waals surface area contributed by atoms with E-state index in [9.17, 15) is 18.0 Å². The number of hydrogen-bond donors (Lipinski definition) is 3. The number of carboxylic acid groups (broad SMARTS) is 1. The van der Waals surface area contributed by atoms with Crippen molar-refractivity contribution in [3.8, 4) is 0 Å². The summed E-state index contributed by atoms with van der Waals surface area (Å²) in [5.74, 6) is 4.10. The summed E-state index contributed by atoms with van der Waals surface area (Å²) in [6, 6.07) is 2.98. The summed E-state index contributed by atoms with van der Waals surface area (Å²) in [6.45, 7) is 0. The number of carbonyl (C=O) groups is 1. The zero-order valence-electron chi connectivity index (χ0n) is 9.16.